The summed E-state index contributed by atoms with van der Waals surface area (Å²) in [7, 11) is 1.54. The number of ether oxygens (including phenoxy) is 1. The van der Waals surface area contributed by atoms with Crippen LogP contribution in [0, 0.1) is 3.57 Å². The lowest BCUT2D eigenvalue weighted by Crippen LogP contribution is -2.11. The Morgan fingerprint density at radius 1 is 1.44 bits per heavy atom. The molecule has 16 heavy (non-hydrogen) atoms. The summed E-state index contributed by atoms with van der Waals surface area (Å²) in [4.78, 5) is 22.3. The fraction of sp³-hybridized carbons (Fsp3) is 0.100. The van der Waals surface area contributed by atoms with Crippen molar-refractivity contribution in [1.29, 1.82) is 0 Å². The van der Waals surface area contributed by atoms with Crippen molar-refractivity contribution in [3.63, 3.8) is 0 Å². The Bertz CT molecular complexity index is 568. The van der Waals surface area contributed by atoms with Crippen molar-refractivity contribution in [3.05, 3.63) is 38.3 Å². The van der Waals surface area contributed by atoms with Crippen LogP contribution in [0.25, 0.3) is 11.5 Å². The van der Waals surface area contributed by atoms with Gasteiger partial charge in [0, 0.05) is 12.3 Å². The summed E-state index contributed by atoms with van der Waals surface area (Å²) < 4.78 is 5.54. The first-order valence-electron chi connectivity index (χ1n) is 4.47. The second-order valence-corrected chi connectivity index (χ2v) is 4.14. The maximum Gasteiger partial charge on any atom is 0.264 e. The van der Waals surface area contributed by atoms with E-state index in [9.17, 15) is 4.79 Å². The smallest absolute Gasteiger partial charge is 0.264 e. The second kappa shape index (κ2) is 4.60. The van der Waals surface area contributed by atoms with Crippen molar-refractivity contribution in [1.82, 2.24) is 15.0 Å². The number of H-pyrrole nitrogens is 1. The largest absolute Gasteiger partial charge is 0.481 e. The molecule has 0 unspecified atom stereocenters. The molecular formula is C10H8IN3O2. The molecule has 0 amide bonds. The van der Waals surface area contributed by atoms with Crippen molar-refractivity contribution in [2.24, 2.45) is 0 Å². The molecule has 0 atom stereocenters. The number of aromatic nitrogens is 3. The lowest BCUT2D eigenvalue weighted by Gasteiger charge is -2.02. The molecule has 0 saturated heterocycles. The standard InChI is InChI=1S/C10H8IN3O2/c1-16-8-4-2-3-7(13-8)9-12-5-6(11)10(15)14-9/h2-5H,1H3,(H,12,14,15). The zero-order valence-corrected chi connectivity index (χ0v) is 10.6. The lowest BCUT2D eigenvalue weighted by atomic mass is 10.3. The molecule has 1 N–H and O–H groups in total. The molecule has 2 aromatic heterocycles. The highest BCUT2D eigenvalue weighted by Gasteiger charge is 2.04. The van der Waals surface area contributed by atoms with E-state index in [0.717, 1.165) is 0 Å². The number of nitrogens with zero attached hydrogens (tertiary/aromatic N) is 2. The molecular weight excluding hydrogens is 321 g/mol. The molecule has 0 bridgehead atoms. The highest BCUT2D eigenvalue weighted by atomic mass is 127. The van der Waals surface area contributed by atoms with Crippen molar-refractivity contribution >= 4 is 22.6 Å². The monoisotopic (exact) mass is 329 g/mol. The van der Waals surface area contributed by atoms with Crippen LogP contribution in [-0.4, -0.2) is 22.1 Å². The first-order valence-corrected chi connectivity index (χ1v) is 5.55. The first-order chi connectivity index (χ1) is 7.70. The SMILES string of the molecule is COc1cccc(-c2ncc(I)c(=O)[nH]2)n1. The maximum atomic E-state index is 11.4. The van der Waals surface area contributed by atoms with Crippen molar-refractivity contribution < 1.29 is 4.74 Å². The number of methoxy groups -OCH3 is 1. The van der Waals surface area contributed by atoms with Crippen LogP contribution < -0.4 is 10.3 Å². The number of aromatic amines is 1. The van der Waals surface area contributed by atoms with E-state index >= 15 is 0 Å². The van der Waals surface area contributed by atoms with E-state index in [1.165, 1.54) is 13.3 Å². The molecule has 5 nitrogen and oxygen atoms in total. The molecule has 0 aliphatic heterocycles. The molecule has 0 aromatic carbocycles. The van der Waals surface area contributed by atoms with E-state index in [0.29, 0.717) is 21.0 Å². The Labute approximate surface area is 105 Å². The number of halogens is 1. The third-order valence-electron chi connectivity index (χ3n) is 1.93. The normalized spacial score (nSPS) is 10.1. The molecule has 0 saturated carbocycles. The van der Waals surface area contributed by atoms with Gasteiger partial charge in [-0.15, -0.1) is 0 Å². The summed E-state index contributed by atoms with van der Waals surface area (Å²) in [5, 5.41) is 0. The summed E-state index contributed by atoms with van der Waals surface area (Å²) >= 11 is 1.92. The Hall–Kier alpha value is -1.44. The summed E-state index contributed by atoms with van der Waals surface area (Å²) in [5.41, 5.74) is 0.406. The Morgan fingerprint density at radius 3 is 2.94 bits per heavy atom. The molecule has 0 fully saturated rings. The van der Waals surface area contributed by atoms with Gasteiger partial charge in [0.25, 0.3) is 5.56 Å². The molecule has 2 heterocycles. The molecule has 6 heteroatoms. The minimum atomic E-state index is -0.171. The predicted molar refractivity (Wildman–Crippen MR) is 67.4 cm³/mol. The average molecular weight is 329 g/mol. The quantitative estimate of drug-likeness (QED) is 0.847. The van der Waals surface area contributed by atoms with Gasteiger partial charge >= 0.3 is 0 Å². The molecule has 0 spiro atoms. The zero-order valence-electron chi connectivity index (χ0n) is 8.40. The van der Waals surface area contributed by atoms with E-state index in [1.807, 2.05) is 22.6 Å². The summed E-state index contributed by atoms with van der Waals surface area (Å²) in [5.74, 6) is 0.919. The van der Waals surface area contributed by atoms with E-state index in [4.69, 9.17) is 4.74 Å². The van der Waals surface area contributed by atoms with Crippen molar-refractivity contribution in [2.75, 3.05) is 7.11 Å². The van der Waals surface area contributed by atoms with Crippen molar-refractivity contribution in [2.45, 2.75) is 0 Å². The van der Waals surface area contributed by atoms with Crippen LogP contribution in [0.15, 0.2) is 29.2 Å². The van der Waals surface area contributed by atoms with Gasteiger partial charge < -0.3 is 9.72 Å². The Morgan fingerprint density at radius 2 is 2.25 bits per heavy atom. The van der Waals surface area contributed by atoms with Crippen LogP contribution >= 0.6 is 22.6 Å². The van der Waals surface area contributed by atoms with Crippen LogP contribution in [0.5, 0.6) is 5.88 Å². The molecule has 0 aliphatic carbocycles. The van der Waals surface area contributed by atoms with E-state index in [2.05, 4.69) is 15.0 Å². The van der Waals surface area contributed by atoms with Crippen LogP contribution in [0.4, 0.5) is 0 Å². The minimum absolute atomic E-state index is 0.171. The number of hydrogen-bond donors (Lipinski definition) is 1. The summed E-state index contributed by atoms with van der Waals surface area (Å²) in [6, 6.07) is 5.28. The third-order valence-corrected chi connectivity index (χ3v) is 2.70. The van der Waals surface area contributed by atoms with Gasteiger partial charge in [-0.1, -0.05) is 6.07 Å². The fourth-order valence-electron chi connectivity index (χ4n) is 1.17. The van der Waals surface area contributed by atoms with E-state index in [1.54, 1.807) is 18.2 Å². The Kier molecular flexibility index (Phi) is 3.18. The van der Waals surface area contributed by atoms with Gasteiger partial charge in [0.05, 0.1) is 10.7 Å². The van der Waals surface area contributed by atoms with Crippen LogP contribution in [0.3, 0.4) is 0 Å². The van der Waals surface area contributed by atoms with Crippen molar-refractivity contribution in [3.8, 4) is 17.4 Å². The number of pyridine rings is 1. The zero-order chi connectivity index (χ0) is 11.5. The first kappa shape index (κ1) is 11.1. The summed E-state index contributed by atoms with van der Waals surface area (Å²) in [6.45, 7) is 0. The van der Waals surface area contributed by atoms with Gasteiger partial charge in [-0.05, 0) is 28.7 Å². The number of rotatable bonds is 2. The van der Waals surface area contributed by atoms with Gasteiger partial charge in [0.1, 0.15) is 5.69 Å². The summed E-state index contributed by atoms with van der Waals surface area (Å²) in [6.07, 6.45) is 1.51. The minimum Gasteiger partial charge on any atom is -0.481 e. The van der Waals surface area contributed by atoms with Gasteiger partial charge in [0.15, 0.2) is 5.82 Å². The maximum absolute atomic E-state index is 11.4. The molecule has 2 rings (SSSR count). The van der Waals surface area contributed by atoms with Gasteiger partial charge in [-0.3, -0.25) is 4.79 Å². The van der Waals surface area contributed by atoms with Gasteiger partial charge in [-0.2, -0.15) is 0 Å². The number of nitrogens with one attached hydrogen (secondary N) is 1. The Balaban J connectivity index is 2.50. The van der Waals surface area contributed by atoms with Gasteiger partial charge in [-0.25, -0.2) is 9.97 Å². The second-order valence-electron chi connectivity index (χ2n) is 2.97. The molecule has 2 aromatic rings. The molecule has 82 valence electrons. The lowest BCUT2D eigenvalue weighted by molar-refractivity contribution is 0.398. The van der Waals surface area contributed by atoms with E-state index in [-0.39, 0.29) is 5.56 Å². The van der Waals surface area contributed by atoms with E-state index < -0.39 is 0 Å². The third kappa shape index (κ3) is 2.21. The highest BCUT2D eigenvalue weighted by molar-refractivity contribution is 14.1. The highest BCUT2D eigenvalue weighted by Crippen LogP contribution is 2.14. The van der Waals surface area contributed by atoms with Crippen LogP contribution in [0.1, 0.15) is 0 Å². The molecule has 0 radical (unpaired) electrons. The topological polar surface area (TPSA) is 67.9 Å². The predicted octanol–water partition coefficient (Wildman–Crippen LogP) is 1.45. The molecule has 0 aliphatic rings. The number of hydrogen-bond acceptors (Lipinski definition) is 4. The fourth-order valence-corrected chi connectivity index (χ4v) is 1.44. The van der Waals surface area contributed by atoms with Crippen LogP contribution in [0.2, 0.25) is 0 Å². The van der Waals surface area contributed by atoms with Gasteiger partial charge in [0.2, 0.25) is 5.88 Å². The van der Waals surface area contributed by atoms with Crippen LogP contribution in [-0.2, 0) is 0 Å². The average Bonchev–Trinajstić information content (AvgIpc) is 2.33.